The predicted molar refractivity (Wildman–Crippen MR) is 68.4 cm³/mol. The van der Waals surface area contributed by atoms with E-state index in [4.69, 9.17) is 33.4 Å². The van der Waals surface area contributed by atoms with E-state index in [9.17, 15) is 9.59 Å². The lowest BCUT2D eigenvalue weighted by Gasteiger charge is -1.83. The summed E-state index contributed by atoms with van der Waals surface area (Å²) in [6.07, 6.45) is 2.89. The summed E-state index contributed by atoms with van der Waals surface area (Å²) >= 11 is 10.9. The second kappa shape index (κ2) is 11.7. The van der Waals surface area contributed by atoms with Crippen LogP contribution in [0.15, 0.2) is 10.6 Å². The first-order valence-electron chi connectivity index (χ1n) is 5.28. The van der Waals surface area contributed by atoms with E-state index in [-0.39, 0.29) is 12.8 Å². The Hall–Kier alpha value is -0.740. The molecule has 2 N–H and O–H groups in total. The molecule has 0 amide bonds. The lowest BCUT2D eigenvalue weighted by molar-refractivity contribution is -0.137. The van der Waals surface area contributed by atoms with Crippen LogP contribution in [0.2, 0.25) is 0 Å². The van der Waals surface area contributed by atoms with Gasteiger partial charge in [0, 0.05) is 23.4 Å². The molecule has 0 aromatic rings. The molecule has 1 saturated carbocycles. The summed E-state index contributed by atoms with van der Waals surface area (Å²) in [5.41, 5.74) is 1.46. The monoisotopic (exact) mass is 284 g/mol. The number of carboxylic acids is 2. The zero-order valence-corrected chi connectivity index (χ0v) is 11.5. The molecule has 4 nitrogen and oxygen atoms in total. The average Bonchev–Trinajstić information content (AvgIpc) is 3.13. The second-order valence-corrected chi connectivity index (χ2v) is 3.92. The van der Waals surface area contributed by atoms with Crippen LogP contribution in [0.4, 0.5) is 0 Å². The Balaban J connectivity index is 0. The van der Waals surface area contributed by atoms with Crippen LogP contribution in [0.3, 0.4) is 0 Å². The molecule has 1 rings (SSSR count). The van der Waals surface area contributed by atoms with E-state index in [1.807, 2.05) is 0 Å². The number of hydrogen-bond donors (Lipinski definition) is 2. The van der Waals surface area contributed by atoms with Gasteiger partial charge >= 0.3 is 11.9 Å². The molecular weight excluding hydrogens is 267 g/mol. The number of hydrogen-bond acceptors (Lipinski definition) is 2. The molecule has 0 aromatic heterocycles. The molecule has 0 saturated heterocycles. The van der Waals surface area contributed by atoms with E-state index < -0.39 is 11.9 Å². The molecule has 0 spiro atoms. The van der Waals surface area contributed by atoms with Crippen molar-refractivity contribution in [3.63, 3.8) is 0 Å². The van der Waals surface area contributed by atoms with E-state index in [0.717, 1.165) is 5.03 Å². The first-order valence-corrected chi connectivity index (χ1v) is 6.09. The molecule has 1 aliphatic rings. The predicted octanol–water partition coefficient (Wildman–Crippen LogP) is 3.68. The minimum Gasteiger partial charge on any atom is -0.481 e. The fourth-order valence-corrected chi connectivity index (χ4v) is 0.845. The van der Waals surface area contributed by atoms with Crippen LogP contribution in [-0.2, 0) is 9.59 Å². The van der Waals surface area contributed by atoms with Crippen LogP contribution >= 0.6 is 23.2 Å². The van der Waals surface area contributed by atoms with Gasteiger partial charge in [0.05, 0.1) is 0 Å². The highest BCUT2D eigenvalue weighted by Gasteiger charge is 2.23. The van der Waals surface area contributed by atoms with Crippen molar-refractivity contribution >= 4 is 35.1 Å². The fraction of sp³-hybridized carbons (Fsp3) is 0.636. The third-order valence-electron chi connectivity index (χ3n) is 1.68. The van der Waals surface area contributed by atoms with Crippen LogP contribution < -0.4 is 0 Å². The second-order valence-electron chi connectivity index (χ2n) is 3.26. The zero-order valence-electron chi connectivity index (χ0n) is 9.95. The van der Waals surface area contributed by atoms with Crippen LogP contribution in [0.1, 0.15) is 39.5 Å². The molecule has 0 aromatic carbocycles. The van der Waals surface area contributed by atoms with Crippen molar-refractivity contribution in [1.29, 1.82) is 0 Å². The van der Waals surface area contributed by atoms with Gasteiger partial charge in [0.2, 0.25) is 0 Å². The molecule has 0 radical (unpaired) electrons. The molecule has 6 heteroatoms. The number of halogens is 2. The third kappa shape index (κ3) is 17.9. The first-order chi connectivity index (χ1) is 7.88. The highest BCUT2D eigenvalue weighted by molar-refractivity contribution is 6.36. The van der Waals surface area contributed by atoms with Crippen LogP contribution in [0.25, 0.3) is 0 Å². The lowest BCUT2D eigenvalue weighted by atomic mass is 10.4. The maximum Gasteiger partial charge on any atom is 0.303 e. The van der Waals surface area contributed by atoms with Crippen molar-refractivity contribution in [1.82, 2.24) is 0 Å². The number of carbonyl (C=O) groups is 2. The van der Waals surface area contributed by atoms with Crippen LogP contribution in [-0.4, -0.2) is 22.2 Å². The minimum atomic E-state index is -0.745. The summed E-state index contributed by atoms with van der Waals surface area (Å²) in [6.45, 7) is 3.20. The molecule has 0 heterocycles. The van der Waals surface area contributed by atoms with Crippen molar-refractivity contribution in [3.8, 4) is 0 Å². The van der Waals surface area contributed by atoms with Crippen molar-refractivity contribution in [2.75, 3.05) is 0 Å². The average molecular weight is 285 g/mol. The third-order valence-corrected chi connectivity index (χ3v) is 2.44. The molecular formula is C11H18Cl2O4. The Morgan fingerprint density at radius 3 is 1.53 bits per heavy atom. The van der Waals surface area contributed by atoms with Gasteiger partial charge in [0.25, 0.3) is 0 Å². The quantitative estimate of drug-likeness (QED) is 0.829. The van der Waals surface area contributed by atoms with E-state index in [1.54, 1.807) is 13.8 Å². The smallest absolute Gasteiger partial charge is 0.303 e. The normalized spacial score (nSPS) is 13.8. The van der Waals surface area contributed by atoms with Gasteiger partial charge in [-0.3, -0.25) is 9.59 Å². The Bertz CT molecular complexity index is 246. The topological polar surface area (TPSA) is 74.6 Å². The molecule has 0 bridgehead atoms. The van der Waals surface area contributed by atoms with Crippen LogP contribution in [0, 0.1) is 5.92 Å². The summed E-state index contributed by atoms with van der Waals surface area (Å²) in [4.78, 5) is 18.7. The largest absolute Gasteiger partial charge is 0.481 e. The first kappa shape index (κ1) is 18.6. The van der Waals surface area contributed by atoms with E-state index in [2.05, 4.69) is 0 Å². The summed E-state index contributed by atoms with van der Waals surface area (Å²) in [5, 5.41) is 16.3. The van der Waals surface area contributed by atoms with Gasteiger partial charge in [-0.1, -0.05) is 37.0 Å². The van der Waals surface area contributed by atoms with Crippen molar-refractivity contribution in [3.05, 3.63) is 10.6 Å². The van der Waals surface area contributed by atoms with E-state index in [1.165, 1.54) is 18.4 Å². The Kier molecular flexibility index (Phi) is 12.9. The number of rotatable bonds is 3. The van der Waals surface area contributed by atoms with Crippen molar-refractivity contribution in [2.45, 2.75) is 39.5 Å². The summed E-state index contributed by atoms with van der Waals surface area (Å²) < 4.78 is 0. The summed E-state index contributed by atoms with van der Waals surface area (Å²) in [5.74, 6) is -0.880. The van der Waals surface area contributed by atoms with E-state index in [0.29, 0.717) is 5.92 Å². The molecule has 0 aliphatic heterocycles. The van der Waals surface area contributed by atoms with Crippen molar-refractivity contribution in [2.24, 2.45) is 5.92 Å². The molecule has 0 atom stereocenters. The van der Waals surface area contributed by atoms with Crippen molar-refractivity contribution < 1.29 is 19.8 Å². The molecule has 17 heavy (non-hydrogen) atoms. The van der Waals surface area contributed by atoms with Gasteiger partial charge in [-0.05, 0) is 18.8 Å². The Morgan fingerprint density at radius 1 is 1.18 bits per heavy atom. The van der Waals surface area contributed by atoms with Crippen LogP contribution in [0.5, 0.6) is 0 Å². The SMILES string of the molecule is CCC(=O)O.CCC(=O)O.ClC=C(Cl)C1CC1. The standard InChI is InChI=1S/C5H6Cl2.2C3H6O2/c6-3-5(7)4-1-2-4;2*1-2-3(4)5/h3-4H,1-2H2;2*2H2,1H3,(H,4,5). The molecule has 0 unspecified atom stereocenters. The van der Waals surface area contributed by atoms with Gasteiger partial charge in [0.15, 0.2) is 0 Å². The molecule has 1 aliphatic carbocycles. The number of allylic oxidation sites excluding steroid dienone is 1. The van der Waals surface area contributed by atoms with Gasteiger partial charge < -0.3 is 10.2 Å². The maximum atomic E-state index is 9.37. The zero-order chi connectivity index (χ0) is 13.8. The maximum absolute atomic E-state index is 9.37. The minimum absolute atomic E-state index is 0.222. The van der Waals surface area contributed by atoms with Gasteiger partial charge in [-0.25, -0.2) is 0 Å². The molecule has 1 fully saturated rings. The highest BCUT2D eigenvalue weighted by atomic mass is 35.5. The Morgan fingerprint density at radius 2 is 1.47 bits per heavy atom. The fourth-order valence-electron chi connectivity index (χ4n) is 0.448. The molecule has 100 valence electrons. The number of aliphatic carboxylic acids is 2. The number of carboxylic acid groups (broad SMARTS) is 2. The summed E-state index contributed by atoms with van der Waals surface area (Å²) in [7, 11) is 0. The van der Waals surface area contributed by atoms with Gasteiger partial charge in [-0.15, -0.1) is 0 Å². The summed E-state index contributed by atoms with van der Waals surface area (Å²) in [6, 6.07) is 0. The van der Waals surface area contributed by atoms with E-state index >= 15 is 0 Å². The highest BCUT2D eigenvalue weighted by Crippen LogP contribution is 2.38. The Labute approximate surface area is 111 Å². The van der Waals surface area contributed by atoms with Gasteiger partial charge in [-0.2, -0.15) is 0 Å². The van der Waals surface area contributed by atoms with Gasteiger partial charge in [0.1, 0.15) is 0 Å². The lowest BCUT2D eigenvalue weighted by Crippen LogP contribution is -1.86.